The van der Waals surface area contributed by atoms with Crippen LogP contribution in [0.3, 0.4) is 0 Å². The first-order chi connectivity index (χ1) is 10.4. The molecule has 3 aromatic carbocycles. The summed E-state index contributed by atoms with van der Waals surface area (Å²) in [6, 6.07) is 29.4. The first-order valence-electron chi connectivity index (χ1n) is 7.10. The molecule has 0 amide bonds. The molecule has 0 aliphatic carbocycles. The summed E-state index contributed by atoms with van der Waals surface area (Å²) in [4.78, 5) is 0. The third-order valence-corrected chi connectivity index (χ3v) is 3.57. The minimum Gasteiger partial charge on any atom is -0.0985 e. The van der Waals surface area contributed by atoms with Gasteiger partial charge in [0.25, 0.3) is 0 Å². The van der Waals surface area contributed by atoms with E-state index in [4.69, 9.17) is 0 Å². The molecule has 0 aliphatic rings. The Morgan fingerprint density at radius 1 is 0.619 bits per heavy atom. The van der Waals surface area contributed by atoms with Crippen molar-refractivity contribution in [2.45, 2.75) is 0 Å². The molecule has 3 rings (SSSR count). The predicted molar refractivity (Wildman–Crippen MR) is 90.0 cm³/mol. The first-order valence-corrected chi connectivity index (χ1v) is 7.10. The fourth-order valence-electron chi connectivity index (χ4n) is 2.59. The maximum Gasteiger partial charge on any atom is 0.0635 e. The van der Waals surface area contributed by atoms with Gasteiger partial charge in [0.1, 0.15) is 0 Å². The van der Waals surface area contributed by atoms with Crippen molar-refractivity contribution < 1.29 is 0 Å². The highest BCUT2D eigenvalue weighted by Gasteiger charge is 2.19. The van der Waals surface area contributed by atoms with Gasteiger partial charge in [0.2, 0.25) is 0 Å². The topological polar surface area (TPSA) is 0 Å². The molecule has 0 heterocycles. The Balaban J connectivity index is 2.20. The van der Waals surface area contributed by atoms with Gasteiger partial charge in [-0.25, -0.2) is 0 Å². The molecule has 0 heteroatoms. The molecule has 0 nitrogen and oxygen atoms in total. The summed E-state index contributed by atoms with van der Waals surface area (Å²) in [6.07, 6.45) is 1.92. The smallest absolute Gasteiger partial charge is 0.0635 e. The summed E-state index contributed by atoms with van der Waals surface area (Å²) < 4.78 is 0. The second-order valence-electron chi connectivity index (χ2n) is 4.90. The van der Waals surface area contributed by atoms with Crippen LogP contribution in [-0.2, 0) is 0 Å². The standard InChI is InChI=1S/C21H17/c1-2-17-11-9-10-16-20(17)21(18-12-5-3-6-13-18)19-14-7-4-8-15-19/h2-16H,1H2. The third kappa shape index (κ3) is 2.80. The van der Waals surface area contributed by atoms with E-state index in [1.165, 1.54) is 22.6 Å². The van der Waals surface area contributed by atoms with Crippen LogP contribution >= 0.6 is 0 Å². The van der Waals surface area contributed by atoms with Gasteiger partial charge in [-0.05, 0) is 22.3 Å². The molecule has 0 aromatic heterocycles. The van der Waals surface area contributed by atoms with E-state index in [1.807, 2.05) is 24.3 Å². The lowest BCUT2D eigenvalue weighted by molar-refractivity contribution is 1.22. The lowest BCUT2D eigenvalue weighted by Crippen LogP contribution is -2.06. The number of rotatable bonds is 4. The maximum absolute atomic E-state index is 3.95. The molecule has 0 unspecified atom stereocenters. The van der Waals surface area contributed by atoms with Crippen LogP contribution in [0.1, 0.15) is 22.3 Å². The molecule has 0 spiro atoms. The maximum atomic E-state index is 3.95. The van der Waals surface area contributed by atoms with Crippen LogP contribution in [0.25, 0.3) is 6.08 Å². The van der Waals surface area contributed by atoms with Crippen LogP contribution in [0.5, 0.6) is 0 Å². The lowest BCUT2D eigenvalue weighted by Gasteiger charge is -2.20. The van der Waals surface area contributed by atoms with Crippen LogP contribution in [0, 0.1) is 5.92 Å². The molecule has 0 fully saturated rings. The van der Waals surface area contributed by atoms with Gasteiger partial charge in [0, 0.05) is 0 Å². The van der Waals surface area contributed by atoms with Crippen LogP contribution in [-0.4, -0.2) is 0 Å². The molecule has 0 atom stereocenters. The van der Waals surface area contributed by atoms with Gasteiger partial charge < -0.3 is 0 Å². The van der Waals surface area contributed by atoms with Gasteiger partial charge in [0.05, 0.1) is 5.92 Å². The van der Waals surface area contributed by atoms with Gasteiger partial charge >= 0.3 is 0 Å². The normalized spacial score (nSPS) is 10.5. The van der Waals surface area contributed by atoms with Gasteiger partial charge in [-0.15, -0.1) is 0 Å². The first kappa shape index (κ1) is 13.4. The van der Waals surface area contributed by atoms with Crippen molar-refractivity contribution in [3.8, 4) is 0 Å². The Morgan fingerprint density at radius 3 is 1.62 bits per heavy atom. The molecule has 21 heavy (non-hydrogen) atoms. The predicted octanol–water partition coefficient (Wildman–Crippen LogP) is 5.35. The van der Waals surface area contributed by atoms with Crippen LogP contribution in [0.4, 0.5) is 0 Å². The zero-order chi connectivity index (χ0) is 14.5. The molecule has 0 saturated carbocycles. The Labute approximate surface area is 126 Å². The van der Waals surface area contributed by atoms with Crippen molar-refractivity contribution in [1.82, 2.24) is 0 Å². The largest absolute Gasteiger partial charge is 0.0985 e. The van der Waals surface area contributed by atoms with E-state index in [1.54, 1.807) is 0 Å². The van der Waals surface area contributed by atoms with E-state index in [0.717, 1.165) is 5.56 Å². The summed E-state index contributed by atoms with van der Waals surface area (Å²) in [6.45, 7) is 3.95. The van der Waals surface area contributed by atoms with Crippen molar-refractivity contribution in [2.24, 2.45) is 0 Å². The summed E-state index contributed by atoms with van der Waals surface area (Å²) in [5.41, 5.74) is 4.81. The molecule has 0 saturated heterocycles. The van der Waals surface area contributed by atoms with Gasteiger partial charge in [-0.1, -0.05) is 97.6 Å². The Morgan fingerprint density at radius 2 is 1.10 bits per heavy atom. The molecule has 101 valence electrons. The average molecular weight is 269 g/mol. The minimum atomic E-state index is 1.15. The molecular weight excluding hydrogens is 252 g/mol. The Kier molecular flexibility index (Phi) is 3.97. The van der Waals surface area contributed by atoms with Gasteiger partial charge in [-0.2, -0.15) is 0 Å². The van der Waals surface area contributed by atoms with Crippen molar-refractivity contribution in [3.05, 3.63) is 120 Å². The van der Waals surface area contributed by atoms with Gasteiger partial charge in [-0.3, -0.25) is 0 Å². The van der Waals surface area contributed by atoms with Crippen molar-refractivity contribution in [2.75, 3.05) is 0 Å². The molecule has 0 aliphatic heterocycles. The van der Waals surface area contributed by atoms with E-state index >= 15 is 0 Å². The summed E-state index contributed by atoms with van der Waals surface area (Å²) in [7, 11) is 0. The molecule has 1 radical (unpaired) electrons. The molecule has 0 bridgehead atoms. The van der Waals surface area contributed by atoms with E-state index < -0.39 is 0 Å². The Bertz CT molecular complexity index is 672. The quantitative estimate of drug-likeness (QED) is 0.560. The van der Waals surface area contributed by atoms with E-state index in [2.05, 4.69) is 73.3 Å². The molecule has 3 aromatic rings. The highest BCUT2D eigenvalue weighted by atomic mass is 14.2. The molecule has 0 N–H and O–H groups in total. The summed E-state index contributed by atoms with van der Waals surface area (Å²) >= 11 is 0. The summed E-state index contributed by atoms with van der Waals surface area (Å²) in [5, 5.41) is 0. The molecular formula is C21H17. The van der Waals surface area contributed by atoms with Crippen molar-refractivity contribution in [3.63, 3.8) is 0 Å². The summed E-state index contributed by atoms with van der Waals surface area (Å²) in [5.74, 6) is 1.24. The van der Waals surface area contributed by atoms with Crippen molar-refractivity contribution >= 4 is 6.08 Å². The van der Waals surface area contributed by atoms with E-state index in [0.29, 0.717) is 0 Å². The second-order valence-corrected chi connectivity index (χ2v) is 4.90. The van der Waals surface area contributed by atoms with Crippen LogP contribution < -0.4 is 0 Å². The minimum absolute atomic E-state index is 1.15. The number of hydrogen-bond acceptors (Lipinski definition) is 0. The number of benzene rings is 3. The zero-order valence-electron chi connectivity index (χ0n) is 11.9. The SMILES string of the molecule is C=Cc1ccccc1[C](c1ccccc1)c1ccccc1. The van der Waals surface area contributed by atoms with Crippen molar-refractivity contribution in [1.29, 1.82) is 0 Å². The highest BCUT2D eigenvalue weighted by molar-refractivity contribution is 5.65. The average Bonchev–Trinajstić information content (AvgIpc) is 2.58. The Hall–Kier alpha value is -2.60. The van der Waals surface area contributed by atoms with Crippen LogP contribution in [0.15, 0.2) is 91.5 Å². The monoisotopic (exact) mass is 269 g/mol. The fourth-order valence-corrected chi connectivity index (χ4v) is 2.59. The highest BCUT2D eigenvalue weighted by Crippen LogP contribution is 2.33. The lowest BCUT2D eigenvalue weighted by atomic mass is 9.83. The number of hydrogen-bond donors (Lipinski definition) is 0. The van der Waals surface area contributed by atoms with E-state index in [9.17, 15) is 0 Å². The van der Waals surface area contributed by atoms with Crippen LogP contribution in [0.2, 0.25) is 0 Å². The second kappa shape index (κ2) is 6.23. The third-order valence-electron chi connectivity index (χ3n) is 3.57. The fraction of sp³-hybridized carbons (Fsp3) is 0. The zero-order valence-corrected chi connectivity index (χ0v) is 11.9. The van der Waals surface area contributed by atoms with Gasteiger partial charge in [0.15, 0.2) is 0 Å². The van der Waals surface area contributed by atoms with E-state index in [-0.39, 0.29) is 0 Å².